The van der Waals surface area contributed by atoms with Gasteiger partial charge in [0.1, 0.15) is 0 Å². The zero-order valence-electron chi connectivity index (χ0n) is 31.7. The summed E-state index contributed by atoms with van der Waals surface area (Å²) in [5.74, 6) is -6.66. The predicted octanol–water partition coefficient (Wildman–Crippen LogP) is 7.72. The Kier molecular flexibility index (Phi) is 13.7. The van der Waals surface area contributed by atoms with Gasteiger partial charge in [0.15, 0.2) is 35.2 Å². The number of benzene rings is 6. The van der Waals surface area contributed by atoms with Crippen LogP contribution in [0.4, 0.5) is 0 Å². The van der Waals surface area contributed by atoms with Crippen molar-refractivity contribution >= 4 is 36.0 Å². The molecule has 0 heterocycles. The standard InChI is InChI=1S/C48H38O12/c49-37-25-21-31(29-39(37)51)23-27-41(53)57-45(47(55)59-43(33-13-5-1-6-14-33)34-15-7-2-8-16-34)46(58-42(54)28-24-32-22-26-38(50)40(52)30-32)48(56)60-44(35-17-9-3-10-18-35)36-19-11-4-12-20-36/h1-30,43-46,49-52H/b27-23+,28-24+/t45-,46-/m1/s1. The number of hydrogen-bond donors (Lipinski definition) is 4. The summed E-state index contributed by atoms with van der Waals surface area (Å²) in [5, 5.41) is 39.4. The maximum Gasteiger partial charge on any atom is 0.353 e. The highest BCUT2D eigenvalue weighted by Crippen LogP contribution is 2.31. The van der Waals surface area contributed by atoms with Gasteiger partial charge < -0.3 is 39.4 Å². The van der Waals surface area contributed by atoms with E-state index in [1.165, 1.54) is 48.6 Å². The predicted molar refractivity (Wildman–Crippen MR) is 219 cm³/mol. The lowest BCUT2D eigenvalue weighted by atomic mass is 10.0. The van der Waals surface area contributed by atoms with Crippen molar-refractivity contribution in [3.05, 3.63) is 203 Å². The number of aromatic hydroxyl groups is 4. The first-order valence-corrected chi connectivity index (χ1v) is 18.5. The van der Waals surface area contributed by atoms with Crippen molar-refractivity contribution < 1.29 is 58.6 Å². The fourth-order valence-electron chi connectivity index (χ4n) is 5.95. The molecule has 0 aromatic heterocycles. The lowest BCUT2D eigenvalue weighted by Gasteiger charge is -2.28. The van der Waals surface area contributed by atoms with Gasteiger partial charge in [-0.15, -0.1) is 0 Å². The molecule has 0 radical (unpaired) electrons. The second-order valence-electron chi connectivity index (χ2n) is 13.2. The van der Waals surface area contributed by atoms with Crippen LogP contribution in [0, 0.1) is 0 Å². The highest BCUT2D eigenvalue weighted by molar-refractivity contribution is 5.95. The number of ether oxygens (including phenoxy) is 4. The molecule has 0 saturated heterocycles. The quantitative estimate of drug-likeness (QED) is 0.0343. The summed E-state index contributed by atoms with van der Waals surface area (Å²) in [6.45, 7) is 0. The average Bonchev–Trinajstić information content (AvgIpc) is 3.27. The number of esters is 4. The first-order valence-electron chi connectivity index (χ1n) is 18.5. The van der Waals surface area contributed by atoms with Gasteiger partial charge in [0.2, 0.25) is 12.2 Å². The molecule has 0 saturated carbocycles. The van der Waals surface area contributed by atoms with Gasteiger partial charge in [-0.2, -0.15) is 0 Å². The zero-order chi connectivity index (χ0) is 42.4. The largest absolute Gasteiger partial charge is 0.504 e. The first kappa shape index (κ1) is 41.5. The Balaban J connectivity index is 1.41. The Morgan fingerprint density at radius 2 is 0.683 bits per heavy atom. The van der Waals surface area contributed by atoms with Crippen LogP contribution >= 0.6 is 0 Å². The van der Waals surface area contributed by atoms with Crippen molar-refractivity contribution in [2.75, 3.05) is 0 Å². The topological polar surface area (TPSA) is 186 Å². The van der Waals surface area contributed by atoms with E-state index in [0.29, 0.717) is 22.3 Å². The van der Waals surface area contributed by atoms with Crippen molar-refractivity contribution in [2.45, 2.75) is 24.4 Å². The Hall–Kier alpha value is -8.12. The molecular weight excluding hydrogens is 769 g/mol. The Labute approximate surface area is 344 Å². The van der Waals surface area contributed by atoms with E-state index in [9.17, 15) is 39.6 Å². The second-order valence-corrected chi connectivity index (χ2v) is 13.2. The van der Waals surface area contributed by atoms with E-state index < -0.39 is 71.3 Å². The minimum Gasteiger partial charge on any atom is -0.504 e. The SMILES string of the molecule is O=C(/C=C/c1ccc(O)c(O)c1)O[C@@H](C(=O)OC(c1ccccc1)c1ccccc1)[C@@H](OC(=O)/C=C/c1ccc(O)c(O)c1)C(=O)OC(c1ccccc1)c1ccccc1. The number of rotatable bonds is 15. The van der Waals surface area contributed by atoms with Crippen molar-refractivity contribution in [1.29, 1.82) is 0 Å². The summed E-state index contributed by atoms with van der Waals surface area (Å²) in [4.78, 5) is 56.2. The van der Waals surface area contributed by atoms with Crippen LogP contribution in [-0.4, -0.2) is 56.5 Å². The van der Waals surface area contributed by atoms with E-state index in [0.717, 1.165) is 12.2 Å². The van der Waals surface area contributed by atoms with E-state index in [4.69, 9.17) is 18.9 Å². The van der Waals surface area contributed by atoms with Crippen molar-refractivity contribution in [2.24, 2.45) is 0 Å². The van der Waals surface area contributed by atoms with Gasteiger partial charge in [-0.25, -0.2) is 19.2 Å². The zero-order valence-corrected chi connectivity index (χ0v) is 31.7. The molecule has 302 valence electrons. The molecule has 12 nitrogen and oxygen atoms in total. The molecule has 6 aromatic rings. The third-order valence-electron chi connectivity index (χ3n) is 8.93. The molecule has 0 aliphatic carbocycles. The maximum absolute atomic E-state index is 14.5. The van der Waals surface area contributed by atoms with Crippen LogP contribution in [-0.2, 0) is 38.1 Å². The second kappa shape index (κ2) is 19.8. The lowest BCUT2D eigenvalue weighted by molar-refractivity contribution is -0.191. The summed E-state index contributed by atoms with van der Waals surface area (Å²) < 4.78 is 23.4. The van der Waals surface area contributed by atoms with E-state index >= 15 is 0 Å². The molecule has 60 heavy (non-hydrogen) atoms. The molecule has 0 unspecified atom stereocenters. The van der Waals surface area contributed by atoms with Gasteiger partial charge in [-0.05, 0) is 69.8 Å². The smallest absolute Gasteiger partial charge is 0.353 e. The van der Waals surface area contributed by atoms with Gasteiger partial charge in [0.25, 0.3) is 0 Å². The molecule has 12 heteroatoms. The molecular formula is C48H38O12. The number of phenols is 4. The van der Waals surface area contributed by atoms with Crippen molar-refractivity contribution in [3.8, 4) is 23.0 Å². The Bertz CT molecular complexity index is 2210. The van der Waals surface area contributed by atoms with Crippen LogP contribution in [0.5, 0.6) is 23.0 Å². The number of carbonyl (C=O) groups excluding carboxylic acids is 4. The molecule has 0 spiro atoms. The highest BCUT2D eigenvalue weighted by atomic mass is 16.6. The fraction of sp³-hybridized carbons (Fsp3) is 0.0833. The maximum atomic E-state index is 14.5. The molecule has 0 aliphatic heterocycles. The van der Waals surface area contributed by atoms with Gasteiger partial charge in [0.05, 0.1) is 0 Å². The van der Waals surface area contributed by atoms with Crippen LogP contribution in [0.2, 0.25) is 0 Å². The van der Waals surface area contributed by atoms with E-state index in [-0.39, 0.29) is 11.1 Å². The van der Waals surface area contributed by atoms with Crippen LogP contribution in [0.25, 0.3) is 12.2 Å². The fourth-order valence-corrected chi connectivity index (χ4v) is 5.95. The average molecular weight is 807 g/mol. The van der Waals surface area contributed by atoms with E-state index in [2.05, 4.69) is 0 Å². The monoisotopic (exact) mass is 806 g/mol. The molecule has 0 amide bonds. The van der Waals surface area contributed by atoms with Crippen LogP contribution in [0.15, 0.2) is 170 Å². The summed E-state index contributed by atoms with van der Waals surface area (Å²) in [5.41, 5.74) is 2.63. The Morgan fingerprint density at radius 1 is 0.383 bits per heavy atom. The molecule has 6 aromatic carbocycles. The van der Waals surface area contributed by atoms with Crippen LogP contribution in [0.1, 0.15) is 45.6 Å². The van der Waals surface area contributed by atoms with Crippen LogP contribution < -0.4 is 0 Å². The first-order chi connectivity index (χ1) is 29.0. The molecule has 2 atom stereocenters. The molecule has 4 N–H and O–H groups in total. The lowest BCUT2D eigenvalue weighted by Crippen LogP contribution is -2.47. The number of hydrogen-bond acceptors (Lipinski definition) is 12. The minimum absolute atomic E-state index is 0.260. The third-order valence-corrected chi connectivity index (χ3v) is 8.93. The van der Waals surface area contributed by atoms with E-state index in [1.54, 1.807) is 121 Å². The van der Waals surface area contributed by atoms with Gasteiger partial charge in [0, 0.05) is 12.2 Å². The summed E-state index contributed by atoms with van der Waals surface area (Å²) >= 11 is 0. The van der Waals surface area contributed by atoms with Gasteiger partial charge >= 0.3 is 23.9 Å². The normalized spacial score (nSPS) is 12.2. The molecule has 0 bridgehead atoms. The highest BCUT2D eigenvalue weighted by Gasteiger charge is 2.44. The minimum atomic E-state index is -2.28. The molecule has 0 fully saturated rings. The summed E-state index contributed by atoms with van der Waals surface area (Å²) in [6.07, 6.45) is -2.50. The van der Waals surface area contributed by atoms with Crippen molar-refractivity contribution in [3.63, 3.8) is 0 Å². The van der Waals surface area contributed by atoms with Gasteiger partial charge in [-0.1, -0.05) is 133 Å². The Morgan fingerprint density at radius 3 is 0.967 bits per heavy atom. The van der Waals surface area contributed by atoms with Crippen LogP contribution in [0.3, 0.4) is 0 Å². The molecule has 0 aliphatic rings. The summed E-state index contributed by atoms with van der Waals surface area (Å²) in [7, 11) is 0. The summed E-state index contributed by atoms with van der Waals surface area (Å²) in [6, 6.07) is 42.2. The number of phenolic OH excluding ortho intramolecular Hbond substituents is 4. The molecule has 6 rings (SSSR count). The van der Waals surface area contributed by atoms with Gasteiger partial charge in [-0.3, -0.25) is 0 Å². The number of carbonyl (C=O) groups is 4. The van der Waals surface area contributed by atoms with Crippen molar-refractivity contribution in [1.82, 2.24) is 0 Å². The van der Waals surface area contributed by atoms with E-state index in [1.807, 2.05) is 0 Å². The third kappa shape index (κ3) is 11.0.